The zero-order valence-electron chi connectivity index (χ0n) is 10.5. The maximum absolute atomic E-state index is 11.9. The Morgan fingerprint density at radius 1 is 1.25 bits per heavy atom. The van der Waals surface area contributed by atoms with Gasteiger partial charge in [-0.05, 0) is 23.1 Å². The maximum Gasteiger partial charge on any atom is 0.257 e. The highest BCUT2D eigenvalue weighted by Gasteiger charge is 2.19. The monoisotopic (exact) mass is 218 g/mol. The molecule has 3 heteroatoms. The normalized spacial score (nSPS) is 12.3. The van der Waals surface area contributed by atoms with Gasteiger partial charge >= 0.3 is 0 Å². The van der Waals surface area contributed by atoms with Crippen LogP contribution >= 0.6 is 0 Å². The molecule has 16 heavy (non-hydrogen) atoms. The van der Waals surface area contributed by atoms with Crippen LogP contribution in [0.15, 0.2) is 18.2 Å². The summed E-state index contributed by atoms with van der Waals surface area (Å²) in [6, 6.07) is 6.12. The molecule has 0 atom stereocenters. The smallest absolute Gasteiger partial charge is 0.257 e. The molecule has 3 nitrogen and oxygen atoms in total. The number of aromatic nitrogens is 2. The molecule has 0 N–H and O–H groups in total. The molecule has 0 bridgehead atoms. The first-order valence-corrected chi connectivity index (χ1v) is 5.51. The summed E-state index contributed by atoms with van der Waals surface area (Å²) in [6.07, 6.45) is 0. The van der Waals surface area contributed by atoms with Crippen LogP contribution in [0.2, 0.25) is 0 Å². The van der Waals surface area contributed by atoms with Crippen molar-refractivity contribution in [1.82, 2.24) is 4.57 Å². The average Bonchev–Trinajstić information content (AvgIpc) is 2.43. The van der Waals surface area contributed by atoms with E-state index in [1.165, 1.54) is 5.56 Å². The Kier molecular flexibility index (Phi) is 2.22. The summed E-state index contributed by atoms with van der Waals surface area (Å²) in [4.78, 5) is 0. The molecule has 2 rings (SSSR count). The molecule has 0 radical (unpaired) electrons. The highest BCUT2D eigenvalue weighted by Crippen LogP contribution is 2.25. The number of aryl methyl sites for hydroxylation is 1. The molecule has 86 valence electrons. The van der Waals surface area contributed by atoms with E-state index < -0.39 is 0 Å². The van der Waals surface area contributed by atoms with Crippen molar-refractivity contribution in [3.63, 3.8) is 0 Å². The summed E-state index contributed by atoms with van der Waals surface area (Å²) >= 11 is 0. The van der Waals surface area contributed by atoms with Crippen LogP contribution in [0.3, 0.4) is 0 Å². The van der Waals surface area contributed by atoms with E-state index in [1.807, 2.05) is 30.7 Å². The lowest BCUT2D eigenvalue weighted by Crippen LogP contribution is -2.28. The van der Waals surface area contributed by atoms with Crippen LogP contribution in [0.5, 0.6) is 0 Å². The maximum atomic E-state index is 11.9. The van der Waals surface area contributed by atoms with Gasteiger partial charge in [0, 0.05) is 6.92 Å². The van der Waals surface area contributed by atoms with Crippen LogP contribution < -0.4 is 4.73 Å². The molecule has 1 heterocycles. The number of imidazole rings is 1. The van der Waals surface area contributed by atoms with Crippen molar-refractivity contribution in [2.45, 2.75) is 33.1 Å². The van der Waals surface area contributed by atoms with E-state index in [2.05, 4.69) is 26.8 Å². The van der Waals surface area contributed by atoms with E-state index in [0.29, 0.717) is 0 Å². The number of hydrogen-bond acceptors (Lipinski definition) is 1. The standard InChI is InChI=1S/C13H18N2O/c1-9-14(5)11-7-6-10(13(2,3)4)8-12(11)15(9)16/h6-8H,1-5H3. The zero-order valence-corrected chi connectivity index (χ0v) is 10.5. The van der Waals surface area contributed by atoms with Crippen molar-refractivity contribution in [2.75, 3.05) is 0 Å². The lowest BCUT2D eigenvalue weighted by Gasteiger charge is -2.18. The number of benzene rings is 1. The van der Waals surface area contributed by atoms with E-state index >= 15 is 0 Å². The molecule has 0 saturated heterocycles. The van der Waals surface area contributed by atoms with Gasteiger partial charge in [-0.1, -0.05) is 26.8 Å². The number of fused-ring (bicyclic) bond motifs is 1. The summed E-state index contributed by atoms with van der Waals surface area (Å²) in [6.45, 7) is 8.29. The summed E-state index contributed by atoms with van der Waals surface area (Å²) < 4.78 is 2.93. The Labute approximate surface area is 95.9 Å². The van der Waals surface area contributed by atoms with Gasteiger partial charge in [-0.15, -0.1) is 0 Å². The largest absolute Gasteiger partial charge is 0.710 e. The molecule has 0 fully saturated rings. The predicted octanol–water partition coefficient (Wildman–Crippen LogP) is 2.42. The topological polar surface area (TPSA) is 31.9 Å². The molecule has 2 aromatic rings. The van der Waals surface area contributed by atoms with Gasteiger partial charge in [0.05, 0.1) is 7.05 Å². The third kappa shape index (κ3) is 1.47. The first-order chi connectivity index (χ1) is 7.32. The minimum atomic E-state index is 0.0743. The van der Waals surface area contributed by atoms with Gasteiger partial charge in [-0.2, -0.15) is 0 Å². The Morgan fingerprint density at radius 3 is 2.44 bits per heavy atom. The van der Waals surface area contributed by atoms with E-state index in [4.69, 9.17) is 0 Å². The van der Waals surface area contributed by atoms with Gasteiger partial charge in [0.1, 0.15) is 0 Å². The molecule has 0 unspecified atom stereocenters. The molecule has 0 aliphatic rings. The van der Waals surface area contributed by atoms with Crippen LogP contribution in [-0.4, -0.2) is 4.57 Å². The Hall–Kier alpha value is -1.51. The van der Waals surface area contributed by atoms with Gasteiger partial charge in [-0.25, -0.2) is 9.30 Å². The van der Waals surface area contributed by atoms with Gasteiger partial charge in [-0.3, -0.25) is 0 Å². The Bertz CT molecular complexity index is 547. The summed E-state index contributed by atoms with van der Waals surface area (Å²) in [7, 11) is 1.92. The van der Waals surface area contributed by atoms with Crippen LogP contribution in [0.25, 0.3) is 11.0 Å². The number of hydrogen-bond donors (Lipinski definition) is 0. The van der Waals surface area contributed by atoms with Crippen molar-refractivity contribution in [3.05, 3.63) is 34.8 Å². The van der Waals surface area contributed by atoms with Crippen LogP contribution in [0.1, 0.15) is 32.2 Å². The zero-order chi connectivity index (χ0) is 12.1. The molecule has 0 amide bonds. The molecule has 0 spiro atoms. The fraction of sp³-hybridized carbons (Fsp3) is 0.462. The van der Waals surface area contributed by atoms with Crippen LogP contribution in [0.4, 0.5) is 0 Å². The number of rotatable bonds is 0. The lowest BCUT2D eigenvalue weighted by atomic mass is 9.87. The molecule has 0 aliphatic heterocycles. The number of nitrogens with zero attached hydrogens (tertiary/aromatic N) is 2. The molecular weight excluding hydrogens is 200 g/mol. The van der Waals surface area contributed by atoms with Crippen molar-refractivity contribution < 1.29 is 4.73 Å². The first-order valence-electron chi connectivity index (χ1n) is 5.51. The predicted molar refractivity (Wildman–Crippen MR) is 65.3 cm³/mol. The van der Waals surface area contributed by atoms with Crippen LogP contribution in [0, 0.1) is 12.1 Å². The SMILES string of the molecule is Cc1n(C)c2ccc(C(C)(C)C)cc2[n+]1[O-]. The first kappa shape index (κ1) is 11.0. The van der Waals surface area contributed by atoms with Crippen molar-refractivity contribution in [3.8, 4) is 0 Å². The van der Waals surface area contributed by atoms with E-state index in [-0.39, 0.29) is 5.41 Å². The Balaban J connectivity index is 2.77. The fourth-order valence-electron chi connectivity index (χ4n) is 1.92. The Morgan fingerprint density at radius 2 is 1.88 bits per heavy atom. The van der Waals surface area contributed by atoms with E-state index in [0.717, 1.165) is 21.6 Å². The summed E-state index contributed by atoms with van der Waals surface area (Å²) in [5.41, 5.74) is 3.01. The van der Waals surface area contributed by atoms with Gasteiger partial charge in [0.25, 0.3) is 5.82 Å². The van der Waals surface area contributed by atoms with Crippen LogP contribution in [-0.2, 0) is 12.5 Å². The van der Waals surface area contributed by atoms with E-state index in [9.17, 15) is 5.21 Å². The molecule has 1 aromatic heterocycles. The summed E-state index contributed by atoms with van der Waals surface area (Å²) in [5.74, 6) is 0.723. The third-order valence-corrected chi connectivity index (χ3v) is 3.20. The fourth-order valence-corrected chi connectivity index (χ4v) is 1.92. The average molecular weight is 218 g/mol. The van der Waals surface area contributed by atoms with E-state index in [1.54, 1.807) is 0 Å². The minimum Gasteiger partial charge on any atom is -0.710 e. The molecule has 1 aromatic carbocycles. The minimum absolute atomic E-state index is 0.0743. The highest BCUT2D eigenvalue weighted by atomic mass is 16.5. The lowest BCUT2D eigenvalue weighted by molar-refractivity contribution is -0.585. The highest BCUT2D eigenvalue weighted by molar-refractivity contribution is 5.73. The second-order valence-corrected chi connectivity index (χ2v) is 5.35. The van der Waals surface area contributed by atoms with Gasteiger partial charge in [0.15, 0.2) is 11.0 Å². The van der Waals surface area contributed by atoms with Gasteiger partial charge < -0.3 is 5.21 Å². The van der Waals surface area contributed by atoms with Gasteiger partial charge in [0.2, 0.25) is 0 Å². The second kappa shape index (κ2) is 3.24. The second-order valence-electron chi connectivity index (χ2n) is 5.35. The summed E-state index contributed by atoms with van der Waals surface area (Å²) in [5, 5.41) is 11.9. The molecular formula is C13H18N2O. The van der Waals surface area contributed by atoms with Crippen molar-refractivity contribution in [2.24, 2.45) is 7.05 Å². The molecule has 0 aliphatic carbocycles. The van der Waals surface area contributed by atoms with Crippen molar-refractivity contribution >= 4 is 11.0 Å². The van der Waals surface area contributed by atoms with Crippen molar-refractivity contribution in [1.29, 1.82) is 0 Å². The third-order valence-electron chi connectivity index (χ3n) is 3.20. The quantitative estimate of drug-likeness (QED) is 0.493. The molecule has 0 saturated carbocycles.